The molecule has 0 aromatic heterocycles. The minimum atomic E-state index is -0.993. The molecule has 2 N–H and O–H groups in total. The summed E-state index contributed by atoms with van der Waals surface area (Å²) in [6.45, 7) is 11.5. The maximum atomic E-state index is 12.6. The van der Waals surface area contributed by atoms with Crippen LogP contribution in [0, 0.1) is 10.8 Å². The highest BCUT2D eigenvalue weighted by atomic mass is 16.6. The molecule has 8 heteroatoms. The third kappa shape index (κ3) is 10.1. The van der Waals surface area contributed by atoms with Gasteiger partial charge in [0.1, 0.15) is 6.61 Å². The van der Waals surface area contributed by atoms with Crippen LogP contribution >= 0.6 is 0 Å². The quantitative estimate of drug-likeness (QED) is 0.311. The van der Waals surface area contributed by atoms with Gasteiger partial charge in [-0.3, -0.25) is 14.4 Å². The van der Waals surface area contributed by atoms with Crippen LogP contribution in [0.5, 0.6) is 0 Å². The second-order valence-electron chi connectivity index (χ2n) is 8.51. The van der Waals surface area contributed by atoms with E-state index in [0.717, 1.165) is 19.4 Å². The van der Waals surface area contributed by atoms with Crippen LogP contribution in [0.3, 0.4) is 0 Å². The molecule has 0 radical (unpaired) electrons. The number of nitrogens with zero attached hydrogens (tertiary/aromatic N) is 1. The van der Waals surface area contributed by atoms with Crippen LogP contribution in [0.25, 0.3) is 0 Å². The van der Waals surface area contributed by atoms with Crippen LogP contribution in [0.15, 0.2) is 0 Å². The predicted molar refractivity (Wildman–Crippen MR) is 113 cm³/mol. The first-order valence-corrected chi connectivity index (χ1v) is 10.4. The smallest absolute Gasteiger partial charge is 0.312 e. The van der Waals surface area contributed by atoms with Gasteiger partial charge in [0.25, 0.3) is 0 Å². The number of rotatable bonds is 15. The van der Waals surface area contributed by atoms with Crippen LogP contribution in [0.1, 0.15) is 53.9 Å². The zero-order valence-electron chi connectivity index (χ0n) is 19.4. The molecule has 0 atom stereocenters. The minimum absolute atomic E-state index is 0.00602. The Labute approximate surface area is 176 Å². The minimum Gasteiger partial charge on any atom is -0.463 e. The number of amides is 2. The van der Waals surface area contributed by atoms with Gasteiger partial charge in [0.15, 0.2) is 0 Å². The SMILES string of the molecule is CCCC(=O)NCCOCCOC(=O)C(C)(C)C(C)(C)C(=O)NCCCN(C)C. The van der Waals surface area contributed by atoms with E-state index < -0.39 is 16.8 Å². The van der Waals surface area contributed by atoms with Crippen molar-refractivity contribution in [1.29, 1.82) is 0 Å². The van der Waals surface area contributed by atoms with E-state index in [1.54, 1.807) is 27.7 Å². The Bertz CT molecular complexity index is 518. The molecule has 0 saturated carbocycles. The molecule has 0 fully saturated rings. The highest BCUT2D eigenvalue weighted by Crippen LogP contribution is 2.39. The first-order chi connectivity index (χ1) is 13.5. The second-order valence-corrected chi connectivity index (χ2v) is 8.51. The van der Waals surface area contributed by atoms with E-state index in [1.165, 1.54) is 0 Å². The fraction of sp³-hybridized carbons (Fsp3) is 0.857. The van der Waals surface area contributed by atoms with E-state index in [9.17, 15) is 14.4 Å². The number of hydrogen-bond acceptors (Lipinski definition) is 6. The molecule has 8 nitrogen and oxygen atoms in total. The Balaban J connectivity index is 4.27. The third-order valence-corrected chi connectivity index (χ3v) is 5.21. The van der Waals surface area contributed by atoms with Gasteiger partial charge in [-0.15, -0.1) is 0 Å². The van der Waals surface area contributed by atoms with Gasteiger partial charge < -0.3 is 25.0 Å². The molecule has 0 spiro atoms. The van der Waals surface area contributed by atoms with Gasteiger partial charge in [-0.2, -0.15) is 0 Å². The zero-order valence-corrected chi connectivity index (χ0v) is 19.4. The van der Waals surface area contributed by atoms with E-state index in [0.29, 0.717) is 26.1 Å². The molecule has 0 aliphatic heterocycles. The maximum absolute atomic E-state index is 12.6. The lowest BCUT2D eigenvalue weighted by Crippen LogP contribution is -2.51. The lowest BCUT2D eigenvalue weighted by atomic mass is 9.67. The average Bonchev–Trinajstić information content (AvgIpc) is 2.63. The molecule has 0 unspecified atom stereocenters. The zero-order chi connectivity index (χ0) is 22.5. The predicted octanol–water partition coefficient (Wildman–Crippen LogP) is 1.58. The number of hydrogen-bond donors (Lipinski definition) is 2. The molecule has 29 heavy (non-hydrogen) atoms. The summed E-state index contributed by atoms with van der Waals surface area (Å²) in [6, 6.07) is 0. The van der Waals surface area contributed by atoms with Crippen LogP contribution in [-0.4, -0.2) is 76.2 Å². The number of carbonyl (C=O) groups is 3. The third-order valence-electron chi connectivity index (χ3n) is 5.21. The molecule has 0 rings (SSSR count). The van der Waals surface area contributed by atoms with E-state index in [2.05, 4.69) is 15.5 Å². The van der Waals surface area contributed by atoms with E-state index in [1.807, 2.05) is 21.0 Å². The van der Waals surface area contributed by atoms with Gasteiger partial charge in [-0.1, -0.05) is 6.92 Å². The molecule has 0 aliphatic carbocycles. The summed E-state index contributed by atoms with van der Waals surface area (Å²) in [4.78, 5) is 38.6. The topological polar surface area (TPSA) is 97.0 Å². The van der Waals surface area contributed by atoms with Gasteiger partial charge in [0.2, 0.25) is 11.8 Å². The molecule has 0 aromatic carbocycles. The number of ether oxygens (including phenoxy) is 2. The highest BCUT2D eigenvalue weighted by Gasteiger charge is 2.49. The van der Waals surface area contributed by atoms with Crippen LogP contribution < -0.4 is 10.6 Å². The van der Waals surface area contributed by atoms with Gasteiger partial charge in [-0.05, 0) is 61.2 Å². The van der Waals surface area contributed by atoms with Crippen molar-refractivity contribution < 1.29 is 23.9 Å². The van der Waals surface area contributed by atoms with Crippen molar-refractivity contribution in [2.45, 2.75) is 53.9 Å². The van der Waals surface area contributed by atoms with Crippen molar-refractivity contribution in [1.82, 2.24) is 15.5 Å². The Hall–Kier alpha value is -1.67. The standard InChI is InChI=1S/C21H41N3O5/c1-8-10-17(25)22-12-14-28-15-16-29-19(27)21(4,5)20(2,3)18(26)23-11-9-13-24(6)7/h8-16H2,1-7H3,(H,22,25)(H,23,26). The molecule has 2 amide bonds. The van der Waals surface area contributed by atoms with E-state index in [4.69, 9.17) is 9.47 Å². The van der Waals surface area contributed by atoms with Gasteiger partial charge in [0.05, 0.1) is 24.0 Å². The summed E-state index contributed by atoms with van der Waals surface area (Å²) >= 11 is 0. The first kappa shape index (κ1) is 27.3. The van der Waals surface area contributed by atoms with Gasteiger partial charge >= 0.3 is 5.97 Å². The molecule has 0 aromatic rings. The largest absolute Gasteiger partial charge is 0.463 e. The van der Waals surface area contributed by atoms with E-state index >= 15 is 0 Å². The summed E-state index contributed by atoms with van der Waals surface area (Å²) in [6.07, 6.45) is 2.16. The van der Waals surface area contributed by atoms with Crippen LogP contribution in [0.2, 0.25) is 0 Å². The number of nitrogens with one attached hydrogen (secondary N) is 2. The molecule has 0 heterocycles. The molecular formula is C21H41N3O5. The number of esters is 1. The summed E-state index contributed by atoms with van der Waals surface area (Å²) in [7, 11) is 3.97. The maximum Gasteiger partial charge on any atom is 0.312 e. The fourth-order valence-electron chi connectivity index (χ4n) is 2.41. The normalized spacial score (nSPS) is 12.0. The molecule has 0 aliphatic rings. The Morgan fingerprint density at radius 1 is 0.897 bits per heavy atom. The summed E-state index contributed by atoms with van der Waals surface area (Å²) in [5, 5.41) is 5.66. The monoisotopic (exact) mass is 415 g/mol. The molecular weight excluding hydrogens is 374 g/mol. The first-order valence-electron chi connectivity index (χ1n) is 10.4. The van der Waals surface area contributed by atoms with Gasteiger partial charge in [-0.25, -0.2) is 0 Å². The van der Waals surface area contributed by atoms with Crippen molar-refractivity contribution >= 4 is 17.8 Å². The van der Waals surface area contributed by atoms with Gasteiger partial charge in [0, 0.05) is 19.5 Å². The second kappa shape index (κ2) is 13.5. The Morgan fingerprint density at radius 3 is 2.14 bits per heavy atom. The Morgan fingerprint density at radius 2 is 1.55 bits per heavy atom. The van der Waals surface area contributed by atoms with Crippen LogP contribution in [0.4, 0.5) is 0 Å². The molecule has 0 bridgehead atoms. The summed E-state index contributed by atoms with van der Waals surface area (Å²) in [5.41, 5.74) is -1.92. The van der Waals surface area contributed by atoms with E-state index in [-0.39, 0.29) is 25.0 Å². The fourth-order valence-corrected chi connectivity index (χ4v) is 2.41. The lowest BCUT2D eigenvalue weighted by Gasteiger charge is -2.38. The van der Waals surface area contributed by atoms with Crippen molar-refractivity contribution in [3.63, 3.8) is 0 Å². The Kier molecular flexibility index (Phi) is 12.8. The lowest BCUT2D eigenvalue weighted by molar-refractivity contribution is -0.166. The molecule has 0 saturated heterocycles. The summed E-state index contributed by atoms with van der Waals surface area (Å²) in [5.74, 6) is -0.602. The van der Waals surface area contributed by atoms with Crippen molar-refractivity contribution in [2.24, 2.45) is 10.8 Å². The van der Waals surface area contributed by atoms with Crippen molar-refractivity contribution in [3.05, 3.63) is 0 Å². The number of carbonyl (C=O) groups excluding carboxylic acids is 3. The average molecular weight is 416 g/mol. The molecule has 170 valence electrons. The van der Waals surface area contributed by atoms with Crippen LogP contribution in [-0.2, 0) is 23.9 Å². The summed E-state index contributed by atoms with van der Waals surface area (Å²) < 4.78 is 10.7. The van der Waals surface area contributed by atoms with Crippen molar-refractivity contribution in [3.8, 4) is 0 Å². The highest BCUT2D eigenvalue weighted by molar-refractivity contribution is 5.90. The van der Waals surface area contributed by atoms with Crippen molar-refractivity contribution in [2.75, 3.05) is 53.6 Å².